The van der Waals surface area contributed by atoms with Crippen LogP contribution in [0.5, 0.6) is 0 Å². The summed E-state index contributed by atoms with van der Waals surface area (Å²) in [5.74, 6) is 1.47. The standard InChI is InChI=1S/2C5H10O.C5H12.2C4H8O.C4H10.C4H8.2C3H6O.C2H4O.C2H6/c1-3-4-5(2)6;1-3-5(6)4-2;1-3-5-4-2;2*1-3-4(2)5;2*1-3-4-2;2*1-3(2)4;1-2-3;1-2/h2*3-4H2,1-2H3;3-5H2,1-2H3;2*3H2,1-2H3;3-4H2,1-2H3;3-4H,1-2H3;2*1-2H3;2H,1H3;1-2H3. The SMILES string of the molecule is CC.CC(C)=O.CC(C)=O.CC=CC.CC=O.CCC(=O)CC.CCC(C)=O.CCC(C)=O.CCCC.CCCC(C)=O.CCCCC. The second-order valence-electron chi connectivity index (χ2n) is 9.88. The molecule has 0 saturated carbocycles. The third-order valence-corrected chi connectivity index (χ3v) is 3.93. The van der Waals surface area contributed by atoms with Crippen molar-refractivity contribution in [3.05, 3.63) is 12.2 Å². The summed E-state index contributed by atoms with van der Waals surface area (Å²) in [5, 5.41) is 0. The van der Waals surface area contributed by atoms with E-state index in [0.717, 1.165) is 19.1 Å². The summed E-state index contributed by atoms with van der Waals surface area (Å²) < 4.78 is 0. The number of hydrogen-bond acceptors (Lipinski definition) is 7. The number of ketones is 6. The van der Waals surface area contributed by atoms with Crippen LogP contribution in [-0.4, -0.2) is 41.0 Å². The van der Waals surface area contributed by atoms with Crippen molar-refractivity contribution >= 4 is 41.0 Å². The fourth-order valence-corrected chi connectivity index (χ4v) is 0.956. The first kappa shape index (κ1) is 75.7. The third-order valence-electron chi connectivity index (χ3n) is 3.93. The summed E-state index contributed by atoms with van der Waals surface area (Å²) in [7, 11) is 0. The van der Waals surface area contributed by atoms with Gasteiger partial charge in [-0.3, -0.25) is 4.79 Å². The molecule has 7 nitrogen and oxygen atoms in total. The molecule has 0 aromatic heterocycles. The lowest BCUT2D eigenvalue weighted by Crippen LogP contribution is -1.88. The topological polar surface area (TPSA) is 119 Å². The van der Waals surface area contributed by atoms with E-state index in [2.05, 4.69) is 27.7 Å². The Morgan fingerprint density at radius 3 is 0.625 bits per heavy atom. The van der Waals surface area contributed by atoms with Crippen molar-refractivity contribution in [1.29, 1.82) is 0 Å². The van der Waals surface area contributed by atoms with Gasteiger partial charge >= 0.3 is 0 Å². The molecule has 0 unspecified atom stereocenters. The molecule has 0 saturated heterocycles. The zero-order valence-corrected chi connectivity index (χ0v) is 36.4. The average molecular weight is 693 g/mol. The molecule has 48 heavy (non-hydrogen) atoms. The lowest BCUT2D eigenvalue weighted by molar-refractivity contribution is -0.119. The van der Waals surface area contributed by atoms with Gasteiger partial charge in [-0.25, -0.2) is 0 Å². The molecule has 0 aliphatic heterocycles. The van der Waals surface area contributed by atoms with E-state index < -0.39 is 0 Å². The first-order valence-corrected chi connectivity index (χ1v) is 18.2. The number of rotatable bonds is 9. The molecule has 0 rings (SSSR count). The van der Waals surface area contributed by atoms with Crippen LogP contribution in [0.15, 0.2) is 12.2 Å². The van der Waals surface area contributed by atoms with Crippen molar-refractivity contribution in [3.8, 4) is 0 Å². The van der Waals surface area contributed by atoms with Gasteiger partial charge in [-0.1, -0.05) is 120 Å². The molecule has 0 bridgehead atoms. The second-order valence-corrected chi connectivity index (χ2v) is 9.88. The minimum atomic E-state index is 0.167. The minimum Gasteiger partial charge on any atom is -0.304 e. The first-order chi connectivity index (χ1) is 22.2. The van der Waals surface area contributed by atoms with E-state index in [4.69, 9.17) is 4.79 Å². The molecule has 0 aromatic carbocycles. The van der Waals surface area contributed by atoms with E-state index in [0.29, 0.717) is 31.5 Å². The Morgan fingerprint density at radius 1 is 0.417 bits per heavy atom. The highest BCUT2D eigenvalue weighted by atomic mass is 16.1. The van der Waals surface area contributed by atoms with E-state index in [-0.39, 0.29) is 28.9 Å². The normalized spacial score (nSPS) is 7.44. The van der Waals surface area contributed by atoms with Gasteiger partial charge in [-0.15, -0.1) is 0 Å². The van der Waals surface area contributed by atoms with Crippen molar-refractivity contribution in [3.63, 3.8) is 0 Å². The molecular formula is C41H88O7. The van der Waals surface area contributed by atoms with E-state index in [1.807, 2.05) is 74.5 Å². The van der Waals surface area contributed by atoms with Crippen LogP contribution in [0.2, 0.25) is 0 Å². The van der Waals surface area contributed by atoms with Gasteiger partial charge < -0.3 is 28.8 Å². The molecule has 0 heterocycles. The molecule has 7 heteroatoms. The highest BCUT2D eigenvalue weighted by molar-refractivity contribution is 5.77. The van der Waals surface area contributed by atoms with Gasteiger partial charge in [0.05, 0.1) is 0 Å². The summed E-state index contributed by atoms with van der Waals surface area (Å²) in [5.41, 5.74) is 0. The Morgan fingerprint density at radius 2 is 0.625 bits per heavy atom. The van der Waals surface area contributed by atoms with Crippen molar-refractivity contribution in [2.45, 2.75) is 216 Å². The van der Waals surface area contributed by atoms with E-state index >= 15 is 0 Å². The lowest BCUT2D eigenvalue weighted by Gasteiger charge is -1.81. The molecule has 0 N–H and O–H groups in total. The summed E-state index contributed by atoms with van der Waals surface area (Å²) in [4.78, 5) is 67.5. The molecular weight excluding hydrogens is 604 g/mol. The maximum atomic E-state index is 10.2. The fourth-order valence-electron chi connectivity index (χ4n) is 0.956. The minimum absolute atomic E-state index is 0.167. The zero-order chi connectivity index (χ0) is 41.4. The molecule has 0 aliphatic rings. The molecule has 0 radical (unpaired) electrons. The van der Waals surface area contributed by atoms with Crippen LogP contribution in [0, 0.1) is 0 Å². The molecule has 0 amide bonds. The van der Waals surface area contributed by atoms with Gasteiger partial charge in [-0.05, 0) is 75.7 Å². The smallest absolute Gasteiger partial charge is 0.132 e. The van der Waals surface area contributed by atoms with Crippen LogP contribution in [-0.2, 0) is 33.6 Å². The van der Waals surface area contributed by atoms with Gasteiger partial charge in [0.25, 0.3) is 0 Å². The maximum absolute atomic E-state index is 10.2. The van der Waals surface area contributed by atoms with E-state index in [1.165, 1.54) is 66.7 Å². The molecule has 0 spiro atoms. The summed E-state index contributed by atoms with van der Waals surface area (Å²) in [6.07, 6.45) is 15.9. The quantitative estimate of drug-likeness (QED) is 0.174. The summed E-state index contributed by atoms with van der Waals surface area (Å²) >= 11 is 0. The maximum Gasteiger partial charge on any atom is 0.132 e. The predicted octanol–water partition coefficient (Wildman–Crippen LogP) is 12.7. The Labute approximate surface area is 302 Å². The number of allylic oxidation sites excluding steroid dienone is 2. The predicted molar refractivity (Wildman–Crippen MR) is 215 cm³/mol. The van der Waals surface area contributed by atoms with Crippen LogP contribution in [0.3, 0.4) is 0 Å². The molecule has 0 aliphatic carbocycles. The van der Waals surface area contributed by atoms with Crippen LogP contribution in [0.1, 0.15) is 216 Å². The molecule has 0 aromatic rings. The van der Waals surface area contributed by atoms with Crippen LogP contribution in [0.4, 0.5) is 0 Å². The second kappa shape index (κ2) is 96.8. The van der Waals surface area contributed by atoms with Crippen molar-refractivity contribution < 1.29 is 33.6 Å². The van der Waals surface area contributed by atoms with Gasteiger partial charge in [0.15, 0.2) is 0 Å². The number of hydrogen-bond donors (Lipinski definition) is 0. The Kier molecular flexibility index (Phi) is 152. The fraction of sp³-hybridized carbons (Fsp3) is 0.780. The highest BCUT2D eigenvalue weighted by Crippen LogP contribution is 1.88. The molecule has 0 fully saturated rings. The third kappa shape index (κ3) is 506. The van der Waals surface area contributed by atoms with E-state index in [9.17, 15) is 28.8 Å². The summed E-state index contributed by atoms with van der Waals surface area (Å²) in [6.45, 7) is 38.6. The molecule has 294 valence electrons. The van der Waals surface area contributed by atoms with Gasteiger partial charge in [0.2, 0.25) is 0 Å². The Bertz CT molecular complexity index is 587. The Hall–Kier alpha value is -2.57. The number of aldehydes is 1. The van der Waals surface area contributed by atoms with Crippen molar-refractivity contribution in [2.24, 2.45) is 0 Å². The average Bonchev–Trinajstić information content (AvgIpc) is 3.03. The number of carbonyl (C=O) groups is 7. The highest BCUT2D eigenvalue weighted by Gasteiger charge is 1.86. The lowest BCUT2D eigenvalue weighted by atomic mass is 10.3. The van der Waals surface area contributed by atoms with Crippen LogP contribution >= 0.6 is 0 Å². The van der Waals surface area contributed by atoms with Crippen molar-refractivity contribution in [2.75, 3.05) is 0 Å². The monoisotopic (exact) mass is 693 g/mol. The van der Waals surface area contributed by atoms with Crippen LogP contribution < -0.4 is 0 Å². The van der Waals surface area contributed by atoms with Gasteiger partial charge in [0.1, 0.15) is 41.0 Å². The zero-order valence-electron chi connectivity index (χ0n) is 36.4. The number of carbonyl (C=O) groups excluding carboxylic acids is 7. The summed E-state index contributed by atoms with van der Waals surface area (Å²) in [6, 6.07) is 0. The number of Topliss-reactive ketones (excluding diaryl/α,β-unsaturated/α-hetero) is 6. The van der Waals surface area contributed by atoms with Crippen LogP contribution in [0.25, 0.3) is 0 Å². The van der Waals surface area contributed by atoms with E-state index in [1.54, 1.807) is 20.8 Å². The van der Waals surface area contributed by atoms with Gasteiger partial charge in [-0.2, -0.15) is 0 Å². The largest absolute Gasteiger partial charge is 0.304 e. The Balaban J connectivity index is -0.0000000352. The van der Waals surface area contributed by atoms with Crippen molar-refractivity contribution in [1.82, 2.24) is 0 Å². The van der Waals surface area contributed by atoms with Gasteiger partial charge in [0, 0.05) is 32.1 Å². The molecule has 0 atom stereocenters. The number of unbranched alkanes of at least 4 members (excludes halogenated alkanes) is 3. The first-order valence-electron chi connectivity index (χ1n) is 18.2.